The Hall–Kier alpha value is -3.26. The van der Waals surface area contributed by atoms with Gasteiger partial charge < -0.3 is 19.3 Å². The fourth-order valence-corrected chi connectivity index (χ4v) is 6.21. The van der Waals surface area contributed by atoms with E-state index < -0.39 is 52.5 Å². The molecule has 1 N–H and O–H groups in total. The minimum absolute atomic E-state index is 0.158. The van der Waals surface area contributed by atoms with Gasteiger partial charge in [0.15, 0.2) is 12.2 Å². The molecule has 1 fully saturated rings. The number of cyclic esters (lactones) is 1. The first-order chi connectivity index (χ1) is 17.8. The van der Waals surface area contributed by atoms with E-state index in [0.29, 0.717) is 12.0 Å². The summed E-state index contributed by atoms with van der Waals surface area (Å²) < 4.78 is 17.3. The average Bonchev–Trinajstić information content (AvgIpc) is 3.30. The highest BCUT2D eigenvalue weighted by Gasteiger charge is 2.69. The molecule has 6 atom stereocenters. The molecule has 2 heterocycles. The maximum atomic E-state index is 13.3. The monoisotopic (exact) mass is 523 g/mol. The van der Waals surface area contributed by atoms with Crippen LogP contribution in [0.25, 0.3) is 0 Å². The van der Waals surface area contributed by atoms with E-state index in [1.54, 1.807) is 45.2 Å². The Labute approximate surface area is 223 Å². The minimum atomic E-state index is -1.64. The number of esters is 3. The maximum absolute atomic E-state index is 13.3. The number of carbonyl (C=O) groups excluding carboxylic acids is 3. The van der Waals surface area contributed by atoms with E-state index in [1.807, 2.05) is 26.8 Å². The molecule has 8 heteroatoms. The smallest absolute Gasteiger partial charge is 0.340 e. The molecule has 3 aliphatic rings. The van der Waals surface area contributed by atoms with E-state index in [2.05, 4.69) is 11.1 Å². The summed E-state index contributed by atoms with van der Waals surface area (Å²) in [5.41, 5.74) is -1.38. The van der Waals surface area contributed by atoms with Gasteiger partial charge in [-0.05, 0) is 50.3 Å². The molecule has 1 saturated carbocycles. The molecule has 0 bridgehead atoms. The Kier molecular flexibility index (Phi) is 7.40. The first-order valence-electron chi connectivity index (χ1n) is 13.1. The van der Waals surface area contributed by atoms with Gasteiger partial charge in [-0.1, -0.05) is 51.5 Å². The van der Waals surface area contributed by atoms with Crippen molar-refractivity contribution in [1.82, 2.24) is 4.98 Å². The lowest BCUT2D eigenvalue weighted by molar-refractivity contribution is -0.261. The van der Waals surface area contributed by atoms with Gasteiger partial charge >= 0.3 is 17.9 Å². The summed E-state index contributed by atoms with van der Waals surface area (Å²) in [7, 11) is 0. The lowest BCUT2D eigenvalue weighted by Crippen LogP contribution is -2.72. The third kappa shape index (κ3) is 4.59. The zero-order chi connectivity index (χ0) is 27.9. The number of aromatic nitrogens is 1. The second-order valence-corrected chi connectivity index (χ2v) is 11.5. The Morgan fingerprint density at radius 2 is 1.95 bits per heavy atom. The Morgan fingerprint density at radius 1 is 1.21 bits per heavy atom. The topological polar surface area (TPSA) is 112 Å². The summed E-state index contributed by atoms with van der Waals surface area (Å²) in [6, 6.07) is 3.26. The lowest BCUT2D eigenvalue weighted by atomic mass is 9.44. The van der Waals surface area contributed by atoms with Crippen molar-refractivity contribution in [1.29, 1.82) is 0 Å². The van der Waals surface area contributed by atoms with E-state index in [1.165, 1.54) is 12.3 Å². The van der Waals surface area contributed by atoms with Crippen LogP contribution in [0.1, 0.15) is 64.7 Å². The lowest BCUT2D eigenvalue weighted by Gasteiger charge is -2.64. The number of allylic oxidation sites excluding steroid dienone is 1. The highest BCUT2D eigenvalue weighted by molar-refractivity contribution is 5.89. The molecule has 0 spiro atoms. The largest absolute Gasteiger partial charge is 0.458 e. The van der Waals surface area contributed by atoms with Gasteiger partial charge in [0.05, 0.1) is 11.5 Å². The van der Waals surface area contributed by atoms with E-state index in [0.717, 1.165) is 12.0 Å². The number of carbonyl (C=O) groups is 3. The van der Waals surface area contributed by atoms with Crippen molar-refractivity contribution in [2.24, 2.45) is 22.7 Å². The highest BCUT2D eigenvalue weighted by atomic mass is 16.6. The molecule has 0 aromatic carbocycles. The minimum Gasteiger partial charge on any atom is -0.458 e. The predicted molar refractivity (Wildman–Crippen MR) is 140 cm³/mol. The zero-order valence-corrected chi connectivity index (χ0v) is 22.9. The molecule has 1 aliphatic heterocycles. The molecular weight excluding hydrogens is 486 g/mol. The third-order valence-electron chi connectivity index (χ3n) is 8.89. The fourth-order valence-electron chi connectivity index (χ4n) is 6.21. The number of pyridine rings is 1. The number of ether oxygens (including phenoxy) is 3. The number of fused-ring (bicyclic) bond motifs is 1. The first-order valence-corrected chi connectivity index (χ1v) is 13.1. The standard InChI is InChI=1S/C30H37NO7/c1-18(2)26(33)38-25-24(37-27(34)21-10-8-14-31-16-21)29(5)19(3)9-7-11-22(29)28(4,30(25,6)35)13-12-20-15-23(32)36-17-20/h8-10,12-16,18,22,24-25,35H,7,11,17H2,1-6H3/b13-12+/t22-,24+,25+,28-,29+,30+/m1/s1. The Balaban J connectivity index is 1.86. The van der Waals surface area contributed by atoms with Gasteiger partial charge in [0.25, 0.3) is 0 Å². The Bertz CT molecular complexity index is 1200. The molecule has 38 heavy (non-hydrogen) atoms. The van der Waals surface area contributed by atoms with Crippen LogP contribution in [0.2, 0.25) is 0 Å². The summed E-state index contributed by atoms with van der Waals surface area (Å²) in [5.74, 6) is -2.15. The molecule has 0 saturated heterocycles. The molecule has 1 aromatic heterocycles. The SMILES string of the molecule is CC1=CCC[C@H]2[C@@]1(C)[C@@H](OC(=O)c1cccnc1)[C@H](OC(=O)C(C)C)[C@](C)(O)[C@]2(C)/C=C/C1=CC(=O)OC1. The van der Waals surface area contributed by atoms with Crippen molar-refractivity contribution >= 4 is 17.9 Å². The van der Waals surface area contributed by atoms with Gasteiger partial charge in [0.1, 0.15) is 12.2 Å². The van der Waals surface area contributed by atoms with Crippen LogP contribution in [0, 0.1) is 22.7 Å². The van der Waals surface area contributed by atoms with Crippen LogP contribution in [0.5, 0.6) is 0 Å². The number of rotatable bonds is 6. The fraction of sp³-hybridized carbons (Fsp3) is 0.533. The third-order valence-corrected chi connectivity index (χ3v) is 8.89. The predicted octanol–water partition coefficient (Wildman–Crippen LogP) is 4.35. The molecular formula is C30H37NO7. The summed E-state index contributed by atoms with van der Waals surface area (Å²) in [6.07, 6.45) is 9.60. The first kappa shape index (κ1) is 27.8. The number of hydrogen-bond acceptors (Lipinski definition) is 8. The van der Waals surface area contributed by atoms with Gasteiger partial charge in [-0.3, -0.25) is 9.78 Å². The molecule has 0 amide bonds. The van der Waals surface area contributed by atoms with Gasteiger partial charge in [0.2, 0.25) is 0 Å². The molecule has 0 unspecified atom stereocenters. The van der Waals surface area contributed by atoms with Crippen LogP contribution in [-0.4, -0.2) is 52.4 Å². The number of nitrogens with zero attached hydrogens (tertiary/aromatic N) is 1. The van der Waals surface area contributed by atoms with Crippen molar-refractivity contribution in [2.45, 2.75) is 72.2 Å². The van der Waals surface area contributed by atoms with Crippen molar-refractivity contribution in [3.05, 3.63) is 65.5 Å². The molecule has 2 aliphatic carbocycles. The number of hydrogen-bond donors (Lipinski definition) is 1. The Morgan fingerprint density at radius 3 is 2.55 bits per heavy atom. The molecule has 0 radical (unpaired) electrons. The van der Waals surface area contributed by atoms with E-state index in [4.69, 9.17) is 14.2 Å². The highest BCUT2D eigenvalue weighted by Crippen LogP contribution is 2.63. The molecule has 204 valence electrons. The van der Waals surface area contributed by atoms with Crippen LogP contribution in [-0.2, 0) is 23.8 Å². The van der Waals surface area contributed by atoms with Crippen LogP contribution in [0.4, 0.5) is 0 Å². The molecule has 4 rings (SSSR count). The second kappa shape index (κ2) is 10.1. The van der Waals surface area contributed by atoms with Gasteiger partial charge in [-0.2, -0.15) is 0 Å². The van der Waals surface area contributed by atoms with Gasteiger partial charge in [-0.25, -0.2) is 9.59 Å². The van der Waals surface area contributed by atoms with Crippen molar-refractivity contribution in [3.8, 4) is 0 Å². The van der Waals surface area contributed by atoms with E-state index in [9.17, 15) is 19.5 Å². The normalized spacial score (nSPS) is 34.8. The summed E-state index contributed by atoms with van der Waals surface area (Å²) in [4.78, 5) is 42.0. The maximum Gasteiger partial charge on any atom is 0.340 e. The zero-order valence-electron chi connectivity index (χ0n) is 22.9. The van der Waals surface area contributed by atoms with Crippen molar-refractivity contribution in [2.75, 3.05) is 6.61 Å². The summed E-state index contributed by atoms with van der Waals surface area (Å²) in [6.45, 7) is 11.2. The van der Waals surface area contributed by atoms with Crippen molar-refractivity contribution in [3.63, 3.8) is 0 Å². The average molecular weight is 524 g/mol. The van der Waals surface area contributed by atoms with Crippen LogP contribution in [0.15, 0.2) is 60.0 Å². The van der Waals surface area contributed by atoms with Crippen LogP contribution < -0.4 is 0 Å². The van der Waals surface area contributed by atoms with Gasteiger partial charge in [0, 0.05) is 29.3 Å². The number of aliphatic hydroxyl groups is 1. The van der Waals surface area contributed by atoms with E-state index >= 15 is 0 Å². The van der Waals surface area contributed by atoms with Crippen LogP contribution >= 0.6 is 0 Å². The molecule has 8 nitrogen and oxygen atoms in total. The summed E-state index contributed by atoms with van der Waals surface area (Å²) >= 11 is 0. The second-order valence-electron chi connectivity index (χ2n) is 11.5. The molecule has 1 aromatic rings. The van der Waals surface area contributed by atoms with Crippen LogP contribution in [0.3, 0.4) is 0 Å². The quantitative estimate of drug-likeness (QED) is 0.333. The van der Waals surface area contributed by atoms with E-state index in [-0.39, 0.29) is 18.1 Å². The van der Waals surface area contributed by atoms with Crippen molar-refractivity contribution < 1.29 is 33.7 Å². The summed E-state index contributed by atoms with van der Waals surface area (Å²) in [5, 5.41) is 12.3. The van der Waals surface area contributed by atoms with Gasteiger partial charge in [-0.15, -0.1) is 0 Å².